The number of nitrogens with one attached hydrogen (secondary N) is 2. The molecule has 1 aromatic heterocycles. The Kier molecular flexibility index (Phi) is 4.22. The molecule has 5 nitrogen and oxygen atoms in total. The largest absolute Gasteiger partial charge is 0.331 e. The molecule has 0 fully saturated rings. The zero-order valence-corrected chi connectivity index (χ0v) is 13.2. The summed E-state index contributed by atoms with van der Waals surface area (Å²) in [5.74, 6) is 0. The van der Waals surface area contributed by atoms with Crippen LogP contribution in [0.1, 0.15) is 24.1 Å². The number of nitrogens with zero attached hydrogens (tertiary/aromatic N) is 2. The fraction of sp³-hybridized carbons (Fsp3) is 0.118. The van der Waals surface area contributed by atoms with Crippen molar-refractivity contribution in [1.29, 1.82) is 5.26 Å². The van der Waals surface area contributed by atoms with Crippen molar-refractivity contribution in [3.05, 3.63) is 59.7 Å². The van der Waals surface area contributed by atoms with Gasteiger partial charge >= 0.3 is 6.03 Å². The molecule has 3 rings (SSSR count). The van der Waals surface area contributed by atoms with Crippen molar-refractivity contribution < 1.29 is 4.79 Å². The van der Waals surface area contributed by atoms with Crippen molar-refractivity contribution in [2.75, 3.05) is 5.32 Å². The summed E-state index contributed by atoms with van der Waals surface area (Å²) < 4.78 is 0.871. The predicted molar refractivity (Wildman–Crippen MR) is 91.3 cm³/mol. The molecule has 6 heteroatoms. The summed E-state index contributed by atoms with van der Waals surface area (Å²) >= 11 is 1.34. The quantitative estimate of drug-likeness (QED) is 0.763. The van der Waals surface area contributed by atoms with Gasteiger partial charge in [-0.25, -0.2) is 9.78 Å². The fourth-order valence-electron chi connectivity index (χ4n) is 2.20. The number of nitriles is 1. The Balaban J connectivity index is 1.69. The zero-order valence-electron chi connectivity index (χ0n) is 12.4. The predicted octanol–water partition coefficient (Wildman–Crippen LogP) is 4.05. The molecule has 2 N–H and O–H groups in total. The monoisotopic (exact) mass is 322 g/mol. The molecule has 0 unspecified atom stereocenters. The van der Waals surface area contributed by atoms with E-state index in [1.54, 1.807) is 18.2 Å². The Bertz CT molecular complexity index is 882. The Morgan fingerprint density at radius 1 is 1.26 bits per heavy atom. The normalized spacial score (nSPS) is 11.7. The van der Waals surface area contributed by atoms with E-state index >= 15 is 0 Å². The first-order valence-corrected chi connectivity index (χ1v) is 7.90. The molecule has 1 atom stereocenters. The number of hydrogen-bond donors (Lipinski definition) is 2. The van der Waals surface area contributed by atoms with E-state index in [1.165, 1.54) is 11.3 Å². The van der Waals surface area contributed by atoms with Crippen molar-refractivity contribution in [3.8, 4) is 6.07 Å². The van der Waals surface area contributed by atoms with Crippen molar-refractivity contribution in [2.24, 2.45) is 0 Å². The van der Waals surface area contributed by atoms with Gasteiger partial charge in [0.15, 0.2) is 5.13 Å². The third-order valence-electron chi connectivity index (χ3n) is 3.39. The number of thiazole rings is 1. The maximum absolute atomic E-state index is 12.1. The third kappa shape index (κ3) is 3.47. The van der Waals surface area contributed by atoms with Crippen LogP contribution in [0.5, 0.6) is 0 Å². The first-order valence-electron chi connectivity index (χ1n) is 7.09. The number of carbonyl (C=O) groups is 1. The van der Waals surface area contributed by atoms with Gasteiger partial charge in [0.2, 0.25) is 0 Å². The minimum Gasteiger partial charge on any atom is -0.331 e. The summed E-state index contributed by atoms with van der Waals surface area (Å²) in [6.07, 6.45) is 0. The number of rotatable bonds is 3. The number of aromatic nitrogens is 1. The molecule has 114 valence electrons. The summed E-state index contributed by atoms with van der Waals surface area (Å²) in [4.78, 5) is 16.4. The summed E-state index contributed by atoms with van der Waals surface area (Å²) in [5.41, 5.74) is 2.38. The molecule has 0 bridgehead atoms. The van der Waals surface area contributed by atoms with Gasteiger partial charge in [-0.3, -0.25) is 5.32 Å². The van der Waals surface area contributed by atoms with Crippen LogP contribution in [0, 0.1) is 11.3 Å². The van der Waals surface area contributed by atoms with Gasteiger partial charge in [0, 0.05) is 0 Å². The molecule has 3 aromatic rings. The highest BCUT2D eigenvalue weighted by Crippen LogP contribution is 2.26. The van der Waals surface area contributed by atoms with E-state index in [9.17, 15) is 4.79 Å². The maximum atomic E-state index is 12.1. The molecule has 0 aliphatic rings. The lowest BCUT2D eigenvalue weighted by Gasteiger charge is -2.13. The fourth-order valence-corrected chi connectivity index (χ4v) is 3.10. The number of anilines is 1. The average molecular weight is 322 g/mol. The topological polar surface area (TPSA) is 77.8 Å². The van der Waals surface area contributed by atoms with Crippen LogP contribution in [-0.2, 0) is 0 Å². The third-order valence-corrected chi connectivity index (χ3v) is 4.32. The molecule has 0 saturated heterocycles. The van der Waals surface area contributed by atoms with Crippen LogP contribution in [0.15, 0.2) is 48.5 Å². The van der Waals surface area contributed by atoms with E-state index < -0.39 is 0 Å². The molecule has 23 heavy (non-hydrogen) atoms. The Labute approximate surface area is 137 Å². The van der Waals surface area contributed by atoms with Crippen LogP contribution in [0.2, 0.25) is 0 Å². The van der Waals surface area contributed by atoms with Gasteiger partial charge in [-0.1, -0.05) is 41.7 Å². The van der Waals surface area contributed by atoms with Crippen LogP contribution in [-0.4, -0.2) is 11.0 Å². The SMILES string of the molecule is C[C@H](NC(=O)Nc1nc2ccc(C#N)cc2s1)c1ccccc1. The molecule has 0 saturated carbocycles. The van der Waals surface area contributed by atoms with E-state index in [0.29, 0.717) is 10.7 Å². The van der Waals surface area contributed by atoms with Gasteiger partial charge < -0.3 is 5.32 Å². The molecule has 2 aromatic carbocycles. The number of amides is 2. The second-order valence-electron chi connectivity index (χ2n) is 5.04. The van der Waals surface area contributed by atoms with Gasteiger partial charge in [-0.15, -0.1) is 0 Å². The summed E-state index contributed by atoms with van der Waals surface area (Å²) in [6.45, 7) is 1.92. The molecular weight excluding hydrogens is 308 g/mol. The lowest BCUT2D eigenvalue weighted by Crippen LogP contribution is -2.31. The lowest BCUT2D eigenvalue weighted by atomic mass is 10.1. The summed E-state index contributed by atoms with van der Waals surface area (Å²) in [6, 6.07) is 16.7. The second kappa shape index (κ2) is 6.46. The molecule has 0 radical (unpaired) electrons. The number of benzene rings is 2. The maximum Gasteiger partial charge on any atom is 0.321 e. The van der Waals surface area contributed by atoms with Gasteiger partial charge in [0.05, 0.1) is 27.9 Å². The van der Waals surface area contributed by atoms with Crippen LogP contribution < -0.4 is 10.6 Å². The highest BCUT2D eigenvalue weighted by atomic mass is 32.1. The van der Waals surface area contributed by atoms with Crippen LogP contribution in [0.3, 0.4) is 0 Å². The van der Waals surface area contributed by atoms with E-state index in [1.807, 2.05) is 37.3 Å². The highest BCUT2D eigenvalue weighted by molar-refractivity contribution is 7.22. The van der Waals surface area contributed by atoms with E-state index in [4.69, 9.17) is 5.26 Å². The lowest BCUT2D eigenvalue weighted by molar-refractivity contribution is 0.249. The Morgan fingerprint density at radius 2 is 2.04 bits per heavy atom. The zero-order chi connectivity index (χ0) is 16.2. The summed E-state index contributed by atoms with van der Waals surface area (Å²) in [7, 11) is 0. The standard InChI is InChI=1S/C17H14N4OS/c1-11(13-5-3-2-4-6-13)19-16(22)21-17-20-14-8-7-12(10-18)9-15(14)23-17/h2-9,11H,1H3,(H2,19,20,21,22)/t11-/m0/s1. The number of hydrogen-bond acceptors (Lipinski definition) is 4. The van der Waals surface area contributed by atoms with Crippen LogP contribution in [0.25, 0.3) is 10.2 Å². The van der Waals surface area contributed by atoms with Gasteiger partial charge in [0.25, 0.3) is 0 Å². The van der Waals surface area contributed by atoms with Gasteiger partial charge in [0.1, 0.15) is 0 Å². The van der Waals surface area contributed by atoms with Crippen molar-refractivity contribution in [2.45, 2.75) is 13.0 Å². The average Bonchev–Trinajstić information content (AvgIpc) is 2.96. The Hall–Kier alpha value is -2.91. The molecule has 2 amide bonds. The second-order valence-corrected chi connectivity index (χ2v) is 6.07. The minimum atomic E-state index is -0.305. The molecule has 1 heterocycles. The van der Waals surface area contributed by atoms with Gasteiger partial charge in [-0.05, 0) is 30.7 Å². The molecule has 0 spiro atoms. The first-order chi connectivity index (χ1) is 11.2. The number of fused-ring (bicyclic) bond motifs is 1. The van der Waals surface area contributed by atoms with E-state index in [0.717, 1.165) is 15.8 Å². The van der Waals surface area contributed by atoms with Crippen molar-refractivity contribution in [3.63, 3.8) is 0 Å². The molecule has 0 aliphatic carbocycles. The Morgan fingerprint density at radius 3 is 2.78 bits per heavy atom. The minimum absolute atomic E-state index is 0.101. The summed E-state index contributed by atoms with van der Waals surface area (Å²) in [5, 5.41) is 15.0. The van der Waals surface area contributed by atoms with E-state index in [-0.39, 0.29) is 12.1 Å². The van der Waals surface area contributed by atoms with Crippen LogP contribution >= 0.6 is 11.3 Å². The number of urea groups is 1. The van der Waals surface area contributed by atoms with E-state index in [2.05, 4.69) is 21.7 Å². The van der Waals surface area contributed by atoms with Gasteiger partial charge in [-0.2, -0.15) is 5.26 Å². The van der Waals surface area contributed by atoms with Crippen molar-refractivity contribution in [1.82, 2.24) is 10.3 Å². The van der Waals surface area contributed by atoms with Crippen LogP contribution in [0.4, 0.5) is 9.93 Å². The van der Waals surface area contributed by atoms with Crippen molar-refractivity contribution >= 4 is 32.7 Å². The number of carbonyl (C=O) groups excluding carboxylic acids is 1. The molecule has 0 aliphatic heterocycles. The first kappa shape index (κ1) is 15.0. The smallest absolute Gasteiger partial charge is 0.321 e. The molecular formula is C17H14N4OS. The highest BCUT2D eigenvalue weighted by Gasteiger charge is 2.11.